The summed E-state index contributed by atoms with van der Waals surface area (Å²) in [5.74, 6) is -1.36. The van der Waals surface area contributed by atoms with Crippen LogP contribution < -0.4 is 16.0 Å². The molecule has 0 saturated heterocycles. The van der Waals surface area contributed by atoms with E-state index in [9.17, 15) is 18.4 Å². The highest BCUT2D eigenvalue weighted by Crippen LogP contribution is 2.09. The van der Waals surface area contributed by atoms with Gasteiger partial charge in [0.15, 0.2) is 0 Å². The van der Waals surface area contributed by atoms with Gasteiger partial charge in [-0.25, -0.2) is 13.6 Å². The second kappa shape index (κ2) is 7.16. The van der Waals surface area contributed by atoms with E-state index in [-0.39, 0.29) is 12.2 Å². The van der Waals surface area contributed by atoms with Gasteiger partial charge in [-0.05, 0) is 42.5 Å². The van der Waals surface area contributed by atoms with E-state index in [1.807, 2.05) is 0 Å². The Kier molecular flexibility index (Phi) is 5.02. The Labute approximate surface area is 125 Å². The smallest absolute Gasteiger partial charge is 0.319 e. The molecule has 0 unspecified atom stereocenters. The second-order valence-electron chi connectivity index (χ2n) is 4.37. The SMILES string of the molecule is O=C(CNC(=O)Nc1cccc(F)c1)Nc1ccc(F)cc1. The van der Waals surface area contributed by atoms with Gasteiger partial charge in [-0.15, -0.1) is 0 Å². The van der Waals surface area contributed by atoms with E-state index >= 15 is 0 Å². The van der Waals surface area contributed by atoms with Crippen LogP contribution >= 0.6 is 0 Å². The maximum Gasteiger partial charge on any atom is 0.319 e. The van der Waals surface area contributed by atoms with Crippen molar-refractivity contribution in [3.63, 3.8) is 0 Å². The largest absolute Gasteiger partial charge is 0.329 e. The zero-order valence-electron chi connectivity index (χ0n) is 11.4. The zero-order valence-corrected chi connectivity index (χ0v) is 11.4. The van der Waals surface area contributed by atoms with E-state index in [2.05, 4.69) is 16.0 Å². The van der Waals surface area contributed by atoms with Gasteiger partial charge in [-0.2, -0.15) is 0 Å². The molecule has 0 atom stereocenters. The fourth-order valence-corrected chi connectivity index (χ4v) is 1.64. The number of hydrogen-bond acceptors (Lipinski definition) is 2. The van der Waals surface area contributed by atoms with Crippen LogP contribution in [0.4, 0.5) is 25.0 Å². The normalized spacial score (nSPS) is 9.91. The summed E-state index contributed by atoms with van der Waals surface area (Å²) in [5, 5.41) is 7.20. The second-order valence-corrected chi connectivity index (χ2v) is 4.37. The minimum Gasteiger partial charge on any atom is -0.329 e. The highest BCUT2D eigenvalue weighted by molar-refractivity contribution is 5.96. The highest BCUT2D eigenvalue weighted by Gasteiger charge is 2.06. The first-order valence-electron chi connectivity index (χ1n) is 6.39. The molecule has 5 nitrogen and oxygen atoms in total. The fraction of sp³-hybridized carbons (Fsp3) is 0.0667. The van der Waals surface area contributed by atoms with Crippen molar-refractivity contribution < 1.29 is 18.4 Å². The lowest BCUT2D eigenvalue weighted by molar-refractivity contribution is -0.115. The van der Waals surface area contributed by atoms with Crippen molar-refractivity contribution in [1.29, 1.82) is 0 Å². The Morgan fingerprint density at radius 1 is 0.864 bits per heavy atom. The third-order valence-electron chi connectivity index (χ3n) is 2.62. The van der Waals surface area contributed by atoms with Crippen molar-refractivity contribution in [2.24, 2.45) is 0 Å². The third-order valence-corrected chi connectivity index (χ3v) is 2.62. The molecule has 2 aromatic carbocycles. The van der Waals surface area contributed by atoms with E-state index in [0.29, 0.717) is 5.69 Å². The third kappa shape index (κ3) is 4.86. The number of amides is 3. The number of nitrogens with one attached hydrogen (secondary N) is 3. The van der Waals surface area contributed by atoms with Gasteiger partial charge in [0.25, 0.3) is 0 Å². The van der Waals surface area contributed by atoms with Crippen LogP contribution in [-0.2, 0) is 4.79 Å². The number of anilines is 2. The molecule has 3 N–H and O–H groups in total. The lowest BCUT2D eigenvalue weighted by atomic mass is 10.3. The maximum absolute atomic E-state index is 12.9. The Hall–Kier alpha value is -2.96. The van der Waals surface area contributed by atoms with Gasteiger partial charge in [0.05, 0.1) is 6.54 Å². The molecule has 0 aromatic heterocycles. The molecule has 0 aliphatic heterocycles. The zero-order chi connectivity index (χ0) is 15.9. The van der Waals surface area contributed by atoms with Crippen LogP contribution in [-0.4, -0.2) is 18.5 Å². The topological polar surface area (TPSA) is 70.2 Å². The molecule has 3 amide bonds. The summed E-state index contributed by atoms with van der Waals surface area (Å²) in [5.41, 5.74) is 0.690. The van der Waals surface area contributed by atoms with Crippen molar-refractivity contribution in [3.8, 4) is 0 Å². The van der Waals surface area contributed by atoms with Crippen LogP contribution in [0.15, 0.2) is 48.5 Å². The standard InChI is InChI=1S/C15H13F2N3O2/c16-10-4-6-12(7-5-10)19-14(21)9-18-15(22)20-13-3-1-2-11(17)8-13/h1-8H,9H2,(H,19,21)(H2,18,20,22). The number of halogens is 2. The van der Waals surface area contributed by atoms with Crippen molar-refractivity contribution in [1.82, 2.24) is 5.32 Å². The van der Waals surface area contributed by atoms with Gasteiger partial charge in [-0.1, -0.05) is 6.07 Å². The van der Waals surface area contributed by atoms with Gasteiger partial charge in [0, 0.05) is 11.4 Å². The van der Waals surface area contributed by atoms with Crippen LogP contribution in [0, 0.1) is 11.6 Å². The number of urea groups is 1. The fourth-order valence-electron chi connectivity index (χ4n) is 1.64. The molecule has 22 heavy (non-hydrogen) atoms. The van der Waals surface area contributed by atoms with Crippen LogP contribution in [0.2, 0.25) is 0 Å². The summed E-state index contributed by atoms with van der Waals surface area (Å²) in [6, 6.07) is 9.95. The summed E-state index contributed by atoms with van der Waals surface area (Å²) < 4.78 is 25.6. The molecule has 2 rings (SSSR count). The molecular weight excluding hydrogens is 292 g/mol. The highest BCUT2D eigenvalue weighted by atomic mass is 19.1. The minimum absolute atomic E-state index is 0.274. The summed E-state index contributed by atoms with van der Waals surface area (Å²) in [7, 11) is 0. The van der Waals surface area contributed by atoms with Crippen molar-refractivity contribution in [3.05, 3.63) is 60.2 Å². The van der Waals surface area contributed by atoms with Gasteiger partial charge in [0.2, 0.25) is 5.91 Å². The van der Waals surface area contributed by atoms with Crippen LogP contribution in [0.3, 0.4) is 0 Å². The Bertz CT molecular complexity index is 675. The summed E-state index contributed by atoms with van der Waals surface area (Å²) in [4.78, 5) is 23.2. The molecule has 0 fully saturated rings. The molecular formula is C15H13F2N3O2. The van der Waals surface area contributed by atoms with Crippen LogP contribution in [0.5, 0.6) is 0 Å². The van der Waals surface area contributed by atoms with Gasteiger partial charge >= 0.3 is 6.03 Å². The quantitative estimate of drug-likeness (QED) is 0.813. The van der Waals surface area contributed by atoms with E-state index in [0.717, 1.165) is 6.07 Å². The average Bonchev–Trinajstić information content (AvgIpc) is 2.48. The van der Waals surface area contributed by atoms with Crippen LogP contribution in [0.1, 0.15) is 0 Å². The Balaban J connectivity index is 1.78. The first-order valence-corrected chi connectivity index (χ1v) is 6.39. The molecule has 0 heterocycles. The monoisotopic (exact) mass is 305 g/mol. The molecule has 0 saturated carbocycles. The Morgan fingerprint density at radius 2 is 1.59 bits per heavy atom. The van der Waals surface area contributed by atoms with Gasteiger partial charge in [-0.3, -0.25) is 4.79 Å². The molecule has 0 aliphatic rings. The van der Waals surface area contributed by atoms with E-state index in [1.54, 1.807) is 0 Å². The van der Waals surface area contributed by atoms with Crippen molar-refractivity contribution in [2.75, 3.05) is 17.2 Å². The van der Waals surface area contributed by atoms with E-state index in [1.165, 1.54) is 42.5 Å². The average molecular weight is 305 g/mol. The summed E-state index contributed by atoms with van der Waals surface area (Å²) >= 11 is 0. The summed E-state index contributed by atoms with van der Waals surface area (Å²) in [6.07, 6.45) is 0. The van der Waals surface area contributed by atoms with Crippen molar-refractivity contribution >= 4 is 23.3 Å². The molecule has 114 valence electrons. The van der Waals surface area contributed by atoms with Crippen molar-refractivity contribution in [2.45, 2.75) is 0 Å². The molecule has 7 heteroatoms. The molecule has 0 aliphatic carbocycles. The number of carbonyl (C=O) groups is 2. The molecule has 0 bridgehead atoms. The lowest BCUT2D eigenvalue weighted by Crippen LogP contribution is -2.35. The predicted molar refractivity (Wildman–Crippen MR) is 78.5 cm³/mol. The predicted octanol–water partition coefficient (Wildman–Crippen LogP) is 2.73. The first-order chi connectivity index (χ1) is 10.5. The van der Waals surface area contributed by atoms with E-state index < -0.39 is 23.6 Å². The van der Waals surface area contributed by atoms with Gasteiger partial charge in [0.1, 0.15) is 11.6 Å². The number of rotatable bonds is 4. The maximum atomic E-state index is 12.9. The summed E-state index contributed by atoms with van der Waals surface area (Å²) in [6.45, 7) is -0.279. The lowest BCUT2D eigenvalue weighted by Gasteiger charge is -2.08. The molecule has 0 spiro atoms. The van der Waals surface area contributed by atoms with E-state index in [4.69, 9.17) is 0 Å². The first kappa shape index (κ1) is 15.4. The van der Waals surface area contributed by atoms with Gasteiger partial charge < -0.3 is 16.0 Å². The minimum atomic E-state index is -0.639. The molecule has 0 radical (unpaired) electrons. The number of carbonyl (C=O) groups excluding carboxylic acids is 2. The molecule has 2 aromatic rings. The van der Waals surface area contributed by atoms with Crippen LogP contribution in [0.25, 0.3) is 0 Å². The number of hydrogen-bond donors (Lipinski definition) is 3. The number of benzene rings is 2. The Morgan fingerprint density at radius 3 is 2.27 bits per heavy atom.